The first-order chi connectivity index (χ1) is 9.96. The van der Waals surface area contributed by atoms with Crippen molar-refractivity contribution in [3.63, 3.8) is 0 Å². The lowest BCUT2D eigenvalue weighted by molar-refractivity contribution is 0.0914. The number of amides is 1. The molecule has 2 rings (SSSR count). The van der Waals surface area contributed by atoms with Crippen LogP contribution in [0.15, 0.2) is 48.5 Å². The van der Waals surface area contributed by atoms with E-state index >= 15 is 0 Å². The van der Waals surface area contributed by atoms with Crippen molar-refractivity contribution in [3.05, 3.63) is 70.5 Å². The summed E-state index contributed by atoms with van der Waals surface area (Å²) in [6.45, 7) is 1.91. The molecule has 0 fully saturated rings. The lowest BCUT2D eigenvalue weighted by Gasteiger charge is -2.29. The van der Waals surface area contributed by atoms with E-state index in [2.05, 4.69) is 21.2 Å². The van der Waals surface area contributed by atoms with E-state index < -0.39 is 11.4 Å². The normalized spacial score (nSPS) is 13.5. The first kappa shape index (κ1) is 16.0. The van der Waals surface area contributed by atoms with Crippen LogP contribution in [0.3, 0.4) is 0 Å². The first-order valence-electron chi connectivity index (χ1n) is 6.35. The molecule has 2 aromatic rings. The van der Waals surface area contributed by atoms with E-state index in [1.54, 1.807) is 0 Å². The molecule has 0 bridgehead atoms. The third kappa shape index (κ3) is 3.63. The minimum absolute atomic E-state index is 0.0949. The fourth-order valence-electron chi connectivity index (χ4n) is 1.98. The Kier molecular flexibility index (Phi) is 5.01. The highest BCUT2D eigenvalue weighted by atomic mass is 79.9. The van der Waals surface area contributed by atoms with E-state index in [0.717, 1.165) is 11.6 Å². The highest BCUT2D eigenvalue weighted by molar-refractivity contribution is 9.09. The fraction of sp³-hybridized carbons (Fsp3) is 0.188. The molecule has 1 unspecified atom stereocenters. The maximum Gasteiger partial charge on any atom is 0.253 e. The Hall–Kier alpha value is -1.39. The Balaban J connectivity index is 2.28. The number of alkyl halides is 1. The Morgan fingerprint density at radius 1 is 1.29 bits per heavy atom. The van der Waals surface area contributed by atoms with Gasteiger partial charge in [0.25, 0.3) is 5.91 Å². The molecule has 0 saturated heterocycles. The number of rotatable bonds is 4. The van der Waals surface area contributed by atoms with Crippen molar-refractivity contribution >= 4 is 33.4 Å². The number of halogens is 3. The highest BCUT2D eigenvalue weighted by Crippen LogP contribution is 2.25. The molecule has 110 valence electrons. The van der Waals surface area contributed by atoms with Crippen molar-refractivity contribution in [3.8, 4) is 0 Å². The second kappa shape index (κ2) is 6.58. The van der Waals surface area contributed by atoms with Crippen LogP contribution in [0.5, 0.6) is 0 Å². The number of hydrogen-bond donors (Lipinski definition) is 1. The molecule has 0 spiro atoms. The molecule has 1 amide bonds. The van der Waals surface area contributed by atoms with Gasteiger partial charge in [-0.2, -0.15) is 0 Å². The van der Waals surface area contributed by atoms with E-state index in [0.29, 0.717) is 5.33 Å². The quantitative estimate of drug-likeness (QED) is 0.788. The molecular weight excluding hydrogens is 357 g/mol. The van der Waals surface area contributed by atoms with Crippen molar-refractivity contribution in [2.45, 2.75) is 12.5 Å². The molecule has 1 N–H and O–H groups in total. The Morgan fingerprint density at radius 2 is 1.95 bits per heavy atom. The number of carbonyl (C=O) groups excluding carboxylic acids is 1. The van der Waals surface area contributed by atoms with Gasteiger partial charge in [-0.25, -0.2) is 4.39 Å². The molecule has 0 aliphatic heterocycles. The maximum absolute atomic E-state index is 13.1. The number of benzene rings is 2. The van der Waals surface area contributed by atoms with Gasteiger partial charge in [-0.05, 0) is 30.7 Å². The van der Waals surface area contributed by atoms with Crippen LogP contribution in [-0.2, 0) is 5.54 Å². The number of hydrogen-bond acceptors (Lipinski definition) is 1. The van der Waals surface area contributed by atoms with Crippen molar-refractivity contribution in [2.75, 3.05) is 5.33 Å². The van der Waals surface area contributed by atoms with E-state index in [1.165, 1.54) is 12.1 Å². The first-order valence-corrected chi connectivity index (χ1v) is 7.85. The van der Waals surface area contributed by atoms with Gasteiger partial charge in [0, 0.05) is 5.33 Å². The topological polar surface area (TPSA) is 29.1 Å². The number of carbonyl (C=O) groups is 1. The summed E-state index contributed by atoms with van der Waals surface area (Å²) in [7, 11) is 0. The summed E-state index contributed by atoms with van der Waals surface area (Å²) in [5.74, 6) is -0.811. The average molecular weight is 371 g/mol. The van der Waals surface area contributed by atoms with E-state index in [-0.39, 0.29) is 16.5 Å². The third-order valence-electron chi connectivity index (χ3n) is 3.24. The summed E-state index contributed by atoms with van der Waals surface area (Å²) in [6, 6.07) is 13.3. The van der Waals surface area contributed by atoms with Gasteiger partial charge in [0.1, 0.15) is 5.82 Å². The summed E-state index contributed by atoms with van der Waals surface area (Å²) < 4.78 is 13.1. The van der Waals surface area contributed by atoms with Crippen LogP contribution in [0.4, 0.5) is 4.39 Å². The summed E-state index contributed by atoms with van der Waals surface area (Å²) in [4.78, 5) is 12.4. The van der Waals surface area contributed by atoms with Gasteiger partial charge in [-0.1, -0.05) is 57.9 Å². The standard InChI is InChI=1S/C16H14BrClFNO/c1-16(10-17,11-5-3-2-4-6-11)20-15(21)13-8-7-12(19)9-14(13)18/h2-9H,10H2,1H3,(H,20,21). The average Bonchev–Trinajstić information content (AvgIpc) is 2.47. The van der Waals surface area contributed by atoms with Crippen molar-refractivity contribution in [1.29, 1.82) is 0 Å². The van der Waals surface area contributed by atoms with E-state index in [9.17, 15) is 9.18 Å². The number of nitrogens with one attached hydrogen (secondary N) is 1. The fourth-order valence-corrected chi connectivity index (χ4v) is 2.70. The van der Waals surface area contributed by atoms with Crippen molar-refractivity contribution in [1.82, 2.24) is 5.32 Å². The molecule has 0 aliphatic rings. The van der Waals surface area contributed by atoms with Gasteiger partial charge in [0.2, 0.25) is 0 Å². The van der Waals surface area contributed by atoms with E-state index in [1.807, 2.05) is 37.3 Å². The minimum atomic E-state index is -0.587. The summed E-state index contributed by atoms with van der Waals surface area (Å²) in [5, 5.41) is 3.57. The molecule has 21 heavy (non-hydrogen) atoms. The lowest BCUT2D eigenvalue weighted by Crippen LogP contribution is -2.45. The molecule has 0 heterocycles. The van der Waals surface area contributed by atoms with Crippen LogP contribution < -0.4 is 5.32 Å². The minimum Gasteiger partial charge on any atom is -0.342 e. The SMILES string of the molecule is CC(CBr)(NC(=O)c1ccc(F)cc1Cl)c1ccccc1. The van der Waals surface area contributed by atoms with Gasteiger partial charge in [0.05, 0.1) is 16.1 Å². The zero-order chi connectivity index (χ0) is 15.5. The van der Waals surface area contributed by atoms with Gasteiger partial charge in [0.15, 0.2) is 0 Å². The lowest BCUT2D eigenvalue weighted by atomic mass is 9.94. The van der Waals surface area contributed by atoms with Crippen LogP contribution in [0, 0.1) is 5.82 Å². The van der Waals surface area contributed by atoms with Crippen LogP contribution in [0.25, 0.3) is 0 Å². The Labute approximate surface area is 136 Å². The molecule has 0 saturated carbocycles. The van der Waals surface area contributed by atoms with Crippen LogP contribution in [-0.4, -0.2) is 11.2 Å². The van der Waals surface area contributed by atoms with Crippen LogP contribution >= 0.6 is 27.5 Å². The summed E-state index contributed by atoms with van der Waals surface area (Å²) in [5.41, 5.74) is 0.630. The monoisotopic (exact) mass is 369 g/mol. The molecule has 0 aliphatic carbocycles. The zero-order valence-corrected chi connectivity index (χ0v) is 13.7. The zero-order valence-electron chi connectivity index (χ0n) is 11.4. The van der Waals surface area contributed by atoms with Gasteiger partial charge >= 0.3 is 0 Å². The second-order valence-corrected chi connectivity index (χ2v) is 5.88. The largest absolute Gasteiger partial charge is 0.342 e. The predicted octanol–water partition coefficient (Wildman–Crippen LogP) is 4.52. The predicted molar refractivity (Wildman–Crippen MR) is 86.5 cm³/mol. The van der Waals surface area contributed by atoms with Crippen molar-refractivity contribution in [2.24, 2.45) is 0 Å². The second-order valence-electron chi connectivity index (χ2n) is 4.91. The van der Waals surface area contributed by atoms with Gasteiger partial charge in [-0.15, -0.1) is 0 Å². The Bertz CT molecular complexity index is 650. The van der Waals surface area contributed by atoms with Crippen LogP contribution in [0.2, 0.25) is 5.02 Å². The molecule has 1 atom stereocenters. The molecule has 0 aromatic heterocycles. The molecule has 2 aromatic carbocycles. The van der Waals surface area contributed by atoms with Crippen molar-refractivity contribution < 1.29 is 9.18 Å². The molecule has 2 nitrogen and oxygen atoms in total. The molecule has 0 radical (unpaired) electrons. The highest BCUT2D eigenvalue weighted by Gasteiger charge is 2.28. The molecule has 5 heteroatoms. The van der Waals surface area contributed by atoms with E-state index in [4.69, 9.17) is 11.6 Å². The third-order valence-corrected chi connectivity index (χ3v) is 4.68. The summed E-state index contributed by atoms with van der Waals surface area (Å²) in [6.07, 6.45) is 0. The summed E-state index contributed by atoms with van der Waals surface area (Å²) >= 11 is 9.36. The molecular formula is C16H14BrClFNO. The maximum atomic E-state index is 13.1. The Morgan fingerprint density at radius 3 is 2.52 bits per heavy atom. The van der Waals surface area contributed by atoms with Crippen LogP contribution in [0.1, 0.15) is 22.8 Å². The smallest absolute Gasteiger partial charge is 0.253 e. The van der Waals surface area contributed by atoms with Gasteiger partial charge in [-0.3, -0.25) is 4.79 Å². The van der Waals surface area contributed by atoms with Gasteiger partial charge < -0.3 is 5.32 Å².